The first-order valence-electron chi connectivity index (χ1n) is 6.93. The third-order valence-corrected chi connectivity index (χ3v) is 3.14. The van der Waals surface area contributed by atoms with Crippen molar-refractivity contribution in [2.75, 3.05) is 6.61 Å². The number of ether oxygens (including phenoxy) is 1. The molecule has 1 aromatic heterocycles. The summed E-state index contributed by atoms with van der Waals surface area (Å²) >= 11 is 0. The van der Waals surface area contributed by atoms with Crippen LogP contribution in [0.4, 0.5) is 0 Å². The molecule has 104 valence electrons. The molecule has 0 radical (unpaired) electrons. The van der Waals surface area contributed by atoms with Crippen LogP contribution in [0.15, 0.2) is 24.3 Å². The van der Waals surface area contributed by atoms with Crippen molar-refractivity contribution in [1.29, 1.82) is 0 Å². The van der Waals surface area contributed by atoms with E-state index in [1.807, 2.05) is 32.0 Å². The second-order valence-corrected chi connectivity index (χ2v) is 5.11. The fraction of sp³-hybridized carbons (Fsp3) is 0.533. The van der Waals surface area contributed by atoms with Gasteiger partial charge in [-0.2, -0.15) is 0 Å². The minimum atomic E-state index is -0.00971. The van der Waals surface area contributed by atoms with Crippen LogP contribution >= 0.6 is 0 Å². The first-order valence-corrected chi connectivity index (χ1v) is 6.93. The number of nitrogens with two attached hydrogens (primary N) is 1. The van der Waals surface area contributed by atoms with Gasteiger partial charge in [0.25, 0.3) is 0 Å². The number of para-hydroxylation sites is 2. The monoisotopic (exact) mass is 261 g/mol. The normalized spacial score (nSPS) is 13.3. The van der Waals surface area contributed by atoms with Gasteiger partial charge in [0.15, 0.2) is 0 Å². The average molecular weight is 261 g/mol. The van der Waals surface area contributed by atoms with Crippen LogP contribution in [0.1, 0.15) is 26.6 Å². The van der Waals surface area contributed by atoms with Crippen LogP contribution in [0.25, 0.3) is 11.0 Å². The van der Waals surface area contributed by atoms with Gasteiger partial charge in [-0.25, -0.2) is 4.98 Å². The molecule has 0 saturated heterocycles. The molecule has 0 spiro atoms. The van der Waals surface area contributed by atoms with Gasteiger partial charge in [-0.15, -0.1) is 0 Å². The number of benzene rings is 1. The Morgan fingerprint density at radius 3 is 2.74 bits per heavy atom. The fourth-order valence-corrected chi connectivity index (χ4v) is 2.24. The van der Waals surface area contributed by atoms with Crippen LogP contribution in [-0.2, 0) is 17.7 Å². The third kappa shape index (κ3) is 3.33. The number of nitrogens with zero attached hydrogens (tertiary/aromatic N) is 2. The van der Waals surface area contributed by atoms with Crippen molar-refractivity contribution in [2.45, 2.75) is 45.9 Å². The van der Waals surface area contributed by atoms with Crippen LogP contribution < -0.4 is 5.73 Å². The van der Waals surface area contributed by atoms with Crippen molar-refractivity contribution in [3.63, 3.8) is 0 Å². The minimum absolute atomic E-state index is 0.00971. The van der Waals surface area contributed by atoms with Gasteiger partial charge in [-0.3, -0.25) is 0 Å². The van der Waals surface area contributed by atoms with E-state index in [4.69, 9.17) is 10.5 Å². The molecular weight excluding hydrogens is 238 g/mol. The summed E-state index contributed by atoms with van der Waals surface area (Å²) in [6.07, 6.45) is 0.964. The van der Waals surface area contributed by atoms with Crippen LogP contribution in [0.3, 0.4) is 0 Å². The van der Waals surface area contributed by atoms with Crippen molar-refractivity contribution in [3.05, 3.63) is 30.1 Å². The SMILES string of the molecule is CCn1c(CC(N)COC(C)C)nc2ccccc21. The molecule has 1 aromatic carbocycles. The standard InChI is InChI=1S/C15H23N3O/c1-4-18-14-8-6-5-7-13(14)17-15(18)9-12(16)10-19-11(2)3/h5-8,11-12H,4,9-10,16H2,1-3H3. The topological polar surface area (TPSA) is 53.1 Å². The van der Waals surface area contributed by atoms with Crippen molar-refractivity contribution in [2.24, 2.45) is 5.73 Å². The van der Waals surface area contributed by atoms with Crippen LogP contribution in [0.2, 0.25) is 0 Å². The van der Waals surface area contributed by atoms with Gasteiger partial charge in [-0.05, 0) is 32.9 Å². The van der Waals surface area contributed by atoms with Crippen molar-refractivity contribution in [1.82, 2.24) is 9.55 Å². The van der Waals surface area contributed by atoms with E-state index in [0.29, 0.717) is 6.61 Å². The van der Waals surface area contributed by atoms with E-state index >= 15 is 0 Å². The van der Waals surface area contributed by atoms with Gasteiger partial charge in [0.05, 0.1) is 23.7 Å². The first kappa shape index (κ1) is 14.0. The summed E-state index contributed by atoms with van der Waals surface area (Å²) in [5.41, 5.74) is 8.34. The zero-order chi connectivity index (χ0) is 13.8. The lowest BCUT2D eigenvalue weighted by molar-refractivity contribution is 0.0679. The second kappa shape index (κ2) is 6.17. The molecule has 4 heteroatoms. The average Bonchev–Trinajstić information content (AvgIpc) is 2.73. The zero-order valence-electron chi connectivity index (χ0n) is 12.0. The van der Waals surface area contributed by atoms with Crippen molar-refractivity contribution in [3.8, 4) is 0 Å². The summed E-state index contributed by atoms with van der Waals surface area (Å²) in [7, 11) is 0. The molecule has 0 amide bonds. The molecule has 0 aliphatic heterocycles. The molecule has 1 unspecified atom stereocenters. The maximum Gasteiger partial charge on any atom is 0.111 e. The minimum Gasteiger partial charge on any atom is -0.377 e. The lowest BCUT2D eigenvalue weighted by atomic mass is 10.2. The molecule has 1 atom stereocenters. The molecule has 2 rings (SSSR count). The van der Waals surface area contributed by atoms with E-state index in [2.05, 4.69) is 22.5 Å². The highest BCUT2D eigenvalue weighted by atomic mass is 16.5. The number of hydrogen-bond acceptors (Lipinski definition) is 3. The highest BCUT2D eigenvalue weighted by Gasteiger charge is 2.13. The lowest BCUT2D eigenvalue weighted by Gasteiger charge is -2.14. The van der Waals surface area contributed by atoms with Gasteiger partial charge in [-0.1, -0.05) is 12.1 Å². The van der Waals surface area contributed by atoms with E-state index in [0.717, 1.165) is 24.3 Å². The first-order chi connectivity index (χ1) is 9.11. The molecule has 2 N–H and O–H groups in total. The Hall–Kier alpha value is -1.39. The fourth-order valence-electron chi connectivity index (χ4n) is 2.24. The van der Waals surface area contributed by atoms with Gasteiger partial charge >= 0.3 is 0 Å². The molecule has 2 aromatic rings. The Morgan fingerprint density at radius 1 is 1.32 bits per heavy atom. The van der Waals surface area contributed by atoms with E-state index < -0.39 is 0 Å². The van der Waals surface area contributed by atoms with Gasteiger partial charge in [0.2, 0.25) is 0 Å². The molecule has 0 aliphatic rings. The summed E-state index contributed by atoms with van der Waals surface area (Å²) < 4.78 is 7.79. The van der Waals surface area contributed by atoms with Crippen LogP contribution in [0.5, 0.6) is 0 Å². The van der Waals surface area contributed by atoms with Gasteiger partial charge in [0.1, 0.15) is 5.82 Å². The highest BCUT2D eigenvalue weighted by molar-refractivity contribution is 5.75. The summed E-state index contributed by atoms with van der Waals surface area (Å²) in [5, 5.41) is 0. The van der Waals surface area contributed by atoms with E-state index in [1.54, 1.807) is 0 Å². The Balaban J connectivity index is 2.15. The third-order valence-electron chi connectivity index (χ3n) is 3.14. The molecule has 0 bridgehead atoms. The Kier molecular flexibility index (Phi) is 4.56. The Morgan fingerprint density at radius 2 is 2.05 bits per heavy atom. The quantitative estimate of drug-likeness (QED) is 0.868. The van der Waals surface area contributed by atoms with Crippen LogP contribution in [0, 0.1) is 0 Å². The molecule has 0 aliphatic carbocycles. The second-order valence-electron chi connectivity index (χ2n) is 5.11. The smallest absolute Gasteiger partial charge is 0.111 e. The summed E-state index contributed by atoms with van der Waals surface area (Å²) in [5.74, 6) is 1.04. The summed E-state index contributed by atoms with van der Waals surface area (Å²) in [6, 6.07) is 8.19. The zero-order valence-corrected chi connectivity index (χ0v) is 12.0. The molecule has 4 nitrogen and oxygen atoms in total. The summed E-state index contributed by atoms with van der Waals surface area (Å²) in [6.45, 7) is 7.66. The van der Waals surface area contributed by atoms with Crippen molar-refractivity contribution < 1.29 is 4.74 Å². The molecule has 0 fully saturated rings. The maximum atomic E-state index is 6.12. The Labute approximate surface area is 114 Å². The lowest BCUT2D eigenvalue weighted by Crippen LogP contribution is -2.31. The Bertz CT molecular complexity index is 533. The van der Waals surface area contributed by atoms with E-state index in [9.17, 15) is 0 Å². The molecule has 1 heterocycles. The van der Waals surface area contributed by atoms with E-state index in [-0.39, 0.29) is 12.1 Å². The highest BCUT2D eigenvalue weighted by Crippen LogP contribution is 2.16. The number of imidazole rings is 1. The van der Waals surface area contributed by atoms with Gasteiger partial charge < -0.3 is 15.0 Å². The van der Waals surface area contributed by atoms with Crippen LogP contribution in [-0.4, -0.2) is 28.3 Å². The number of aromatic nitrogens is 2. The maximum absolute atomic E-state index is 6.12. The largest absolute Gasteiger partial charge is 0.377 e. The molecule has 0 saturated carbocycles. The number of fused-ring (bicyclic) bond motifs is 1. The number of hydrogen-bond donors (Lipinski definition) is 1. The number of aryl methyl sites for hydroxylation is 1. The van der Waals surface area contributed by atoms with Crippen molar-refractivity contribution >= 4 is 11.0 Å². The summed E-state index contributed by atoms with van der Waals surface area (Å²) in [4.78, 5) is 4.68. The predicted octanol–water partition coefficient (Wildman–Crippen LogP) is 2.35. The molecular formula is C15H23N3O. The predicted molar refractivity (Wildman–Crippen MR) is 78.2 cm³/mol. The van der Waals surface area contributed by atoms with Gasteiger partial charge in [0, 0.05) is 19.0 Å². The number of rotatable bonds is 6. The van der Waals surface area contributed by atoms with E-state index in [1.165, 1.54) is 5.52 Å². The molecule has 19 heavy (non-hydrogen) atoms.